The molecule has 0 aliphatic carbocycles. The lowest BCUT2D eigenvalue weighted by atomic mass is 9.97. The van der Waals surface area contributed by atoms with E-state index in [1.165, 1.54) is 12.3 Å². The second-order valence-electron chi connectivity index (χ2n) is 4.67. The van der Waals surface area contributed by atoms with Crippen molar-refractivity contribution in [3.63, 3.8) is 0 Å². The van der Waals surface area contributed by atoms with Crippen molar-refractivity contribution in [3.8, 4) is 0 Å². The predicted molar refractivity (Wildman–Crippen MR) is 75.9 cm³/mol. The Labute approximate surface area is 118 Å². The largest absolute Gasteiger partial charge is 0.306 e. The molecule has 0 radical (unpaired) electrons. The maximum Gasteiger partial charge on any atom is 0.141 e. The minimum Gasteiger partial charge on any atom is -0.306 e. The molecule has 0 fully saturated rings. The number of aryl methyl sites for hydroxylation is 2. The van der Waals surface area contributed by atoms with E-state index in [1.54, 1.807) is 6.20 Å². The minimum absolute atomic E-state index is 0.118. The Kier molecular flexibility index (Phi) is 4.74. The van der Waals surface area contributed by atoms with Crippen LogP contribution in [0.4, 0.5) is 4.39 Å². The SMILES string of the molecule is CCNC(c1cncc(F)c1)c1cc(C)nnc1CC. The summed E-state index contributed by atoms with van der Waals surface area (Å²) in [5, 5.41) is 11.7. The Morgan fingerprint density at radius 1 is 1.20 bits per heavy atom. The lowest BCUT2D eigenvalue weighted by molar-refractivity contribution is 0.590. The highest BCUT2D eigenvalue weighted by atomic mass is 19.1. The molecular formula is C15H19FN4. The molecule has 1 unspecified atom stereocenters. The summed E-state index contributed by atoms with van der Waals surface area (Å²) in [7, 11) is 0. The van der Waals surface area contributed by atoms with Crippen molar-refractivity contribution in [1.29, 1.82) is 0 Å². The average Bonchev–Trinajstić information content (AvgIpc) is 2.44. The summed E-state index contributed by atoms with van der Waals surface area (Å²) in [6.07, 6.45) is 3.68. The van der Waals surface area contributed by atoms with Crippen molar-refractivity contribution in [3.05, 3.63) is 52.9 Å². The van der Waals surface area contributed by atoms with Crippen molar-refractivity contribution in [1.82, 2.24) is 20.5 Å². The molecule has 1 N–H and O–H groups in total. The van der Waals surface area contributed by atoms with Crippen LogP contribution in [0.2, 0.25) is 0 Å². The molecule has 4 nitrogen and oxygen atoms in total. The van der Waals surface area contributed by atoms with E-state index in [4.69, 9.17) is 0 Å². The van der Waals surface area contributed by atoms with E-state index < -0.39 is 0 Å². The number of hydrogen-bond donors (Lipinski definition) is 1. The zero-order valence-corrected chi connectivity index (χ0v) is 12.0. The fourth-order valence-electron chi connectivity index (χ4n) is 2.26. The normalized spacial score (nSPS) is 12.4. The number of aromatic nitrogens is 3. The Hall–Kier alpha value is -1.88. The van der Waals surface area contributed by atoms with Crippen LogP contribution in [0, 0.1) is 12.7 Å². The first kappa shape index (κ1) is 14.5. The molecule has 20 heavy (non-hydrogen) atoms. The van der Waals surface area contributed by atoms with Gasteiger partial charge in [-0.05, 0) is 43.1 Å². The van der Waals surface area contributed by atoms with E-state index in [-0.39, 0.29) is 11.9 Å². The molecule has 5 heteroatoms. The van der Waals surface area contributed by atoms with Crippen molar-refractivity contribution in [2.24, 2.45) is 0 Å². The molecule has 0 bridgehead atoms. The lowest BCUT2D eigenvalue weighted by Gasteiger charge is -2.20. The third-order valence-corrected chi connectivity index (χ3v) is 3.14. The van der Waals surface area contributed by atoms with E-state index in [0.717, 1.165) is 35.5 Å². The molecule has 0 saturated carbocycles. The van der Waals surface area contributed by atoms with Gasteiger partial charge in [0.05, 0.1) is 23.6 Å². The van der Waals surface area contributed by atoms with Crippen LogP contribution in [0.3, 0.4) is 0 Å². The molecule has 106 valence electrons. The lowest BCUT2D eigenvalue weighted by Crippen LogP contribution is -2.24. The monoisotopic (exact) mass is 274 g/mol. The van der Waals surface area contributed by atoms with Crippen LogP contribution in [0.1, 0.15) is 42.4 Å². The zero-order chi connectivity index (χ0) is 14.5. The van der Waals surface area contributed by atoms with Crippen LogP contribution in [0.25, 0.3) is 0 Å². The summed E-state index contributed by atoms with van der Waals surface area (Å²) in [6.45, 7) is 6.73. The highest BCUT2D eigenvalue weighted by Crippen LogP contribution is 2.24. The van der Waals surface area contributed by atoms with Gasteiger partial charge in [-0.2, -0.15) is 10.2 Å². The molecule has 0 aromatic carbocycles. The molecule has 0 spiro atoms. The first-order valence-corrected chi connectivity index (χ1v) is 6.82. The van der Waals surface area contributed by atoms with Crippen LogP contribution in [0.15, 0.2) is 24.5 Å². The second-order valence-corrected chi connectivity index (χ2v) is 4.67. The van der Waals surface area contributed by atoms with Gasteiger partial charge < -0.3 is 5.32 Å². The molecular weight excluding hydrogens is 255 g/mol. The topological polar surface area (TPSA) is 50.7 Å². The van der Waals surface area contributed by atoms with Gasteiger partial charge in [0.1, 0.15) is 5.82 Å². The van der Waals surface area contributed by atoms with E-state index in [9.17, 15) is 4.39 Å². The molecule has 1 atom stereocenters. The Morgan fingerprint density at radius 2 is 2.00 bits per heavy atom. The van der Waals surface area contributed by atoms with Crippen molar-refractivity contribution in [2.75, 3.05) is 6.54 Å². The summed E-state index contributed by atoms with van der Waals surface area (Å²) in [5.74, 6) is -0.331. The molecule has 2 aromatic rings. The minimum atomic E-state index is -0.331. The summed E-state index contributed by atoms with van der Waals surface area (Å²) >= 11 is 0. The van der Waals surface area contributed by atoms with Crippen LogP contribution in [0.5, 0.6) is 0 Å². The number of nitrogens with one attached hydrogen (secondary N) is 1. The Bertz CT molecular complexity index is 586. The number of rotatable bonds is 5. The summed E-state index contributed by atoms with van der Waals surface area (Å²) < 4.78 is 13.4. The predicted octanol–water partition coefficient (Wildman–Crippen LogP) is 2.58. The third-order valence-electron chi connectivity index (χ3n) is 3.14. The molecule has 0 aliphatic heterocycles. The fraction of sp³-hybridized carbons (Fsp3) is 0.400. The highest BCUT2D eigenvalue weighted by molar-refractivity contribution is 5.33. The maximum absolute atomic E-state index is 13.4. The Balaban J connectivity index is 2.50. The first-order valence-electron chi connectivity index (χ1n) is 6.82. The zero-order valence-electron chi connectivity index (χ0n) is 12.0. The molecule has 0 saturated heterocycles. The van der Waals surface area contributed by atoms with Gasteiger partial charge in [-0.3, -0.25) is 4.98 Å². The van der Waals surface area contributed by atoms with Gasteiger partial charge in [0.25, 0.3) is 0 Å². The highest BCUT2D eigenvalue weighted by Gasteiger charge is 2.18. The Morgan fingerprint density at radius 3 is 2.65 bits per heavy atom. The standard InChI is InChI=1S/C15H19FN4/c1-4-14-13(6-10(3)19-20-14)15(18-5-2)11-7-12(16)9-17-8-11/h6-9,15,18H,4-5H2,1-3H3. The van der Waals surface area contributed by atoms with E-state index in [2.05, 4.69) is 20.5 Å². The van der Waals surface area contributed by atoms with Gasteiger partial charge in [-0.25, -0.2) is 4.39 Å². The smallest absolute Gasteiger partial charge is 0.141 e. The summed E-state index contributed by atoms with van der Waals surface area (Å²) in [6, 6.07) is 3.40. The van der Waals surface area contributed by atoms with Crippen molar-refractivity contribution < 1.29 is 4.39 Å². The van der Waals surface area contributed by atoms with E-state index in [0.29, 0.717) is 0 Å². The number of halogens is 1. The summed E-state index contributed by atoms with van der Waals surface area (Å²) in [4.78, 5) is 3.94. The van der Waals surface area contributed by atoms with Crippen LogP contribution >= 0.6 is 0 Å². The van der Waals surface area contributed by atoms with Gasteiger partial charge in [0.15, 0.2) is 0 Å². The van der Waals surface area contributed by atoms with Gasteiger partial charge >= 0.3 is 0 Å². The number of pyridine rings is 1. The maximum atomic E-state index is 13.4. The van der Waals surface area contributed by atoms with Gasteiger partial charge in [-0.1, -0.05) is 13.8 Å². The summed E-state index contributed by atoms with van der Waals surface area (Å²) in [5.41, 5.74) is 3.61. The number of hydrogen-bond acceptors (Lipinski definition) is 4. The van der Waals surface area contributed by atoms with Crippen molar-refractivity contribution >= 4 is 0 Å². The molecule has 2 rings (SSSR count). The first-order chi connectivity index (χ1) is 9.65. The molecule has 0 aliphatic rings. The van der Waals surface area contributed by atoms with Gasteiger partial charge in [-0.15, -0.1) is 0 Å². The molecule has 2 aromatic heterocycles. The van der Waals surface area contributed by atoms with E-state index >= 15 is 0 Å². The molecule has 2 heterocycles. The quantitative estimate of drug-likeness (QED) is 0.910. The van der Waals surface area contributed by atoms with Crippen LogP contribution in [-0.2, 0) is 6.42 Å². The van der Waals surface area contributed by atoms with E-state index in [1.807, 2.05) is 26.8 Å². The van der Waals surface area contributed by atoms with Crippen molar-refractivity contribution in [2.45, 2.75) is 33.2 Å². The van der Waals surface area contributed by atoms with Crippen LogP contribution < -0.4 is 5.32 Å². The number of nitrogens with zero attached hydrogens (tertiary/aromatic N) is 3. The van der Waals surface area contributed by atoms with Gasteiger partial charge in [0.2, 0.25) is 0 Å². The fourth-order valence-corrected chi connectivity index (χ4v) is 2.26. The van der Waals surface area contributed by atoms with Gasteiger partial charge in [0, 0.05) is 6.20 Å². The van der Waals surface area contributed by atoms with Crippen LogP contribution in [-0.4, -0.2) is 21.7 Å². The third kappa shape index (κ3) is 3.17. The average molecular weight is 274 g/mol. The second kappa shape index (κ2) is 6.52. The molecule has 0 amide bonds.